The summed E-state index contributed by atoms with van der Waals surface area (Å²) in [7, 11) is 1.62. The lowest BCUT2D eigenvalue weighted by atomic mass is 9.91. The molecule has 0 amide bonds. The average molecular weight is 633 g/mol. The third kappa shape index (κ3) is 5.65. The Morgan fingerprint density at radius 1 is 1.09 bits per heavy atom. The quantitative estimate of drug-likeness (QED) is 0.211. The minimum absolute atomic E-state index is 0.0805. The first-order valence-corrected chi connectivity index (χ1v) is 15.8. The molecule has 11 heteroatoms. The second-order valence-corrected chi connectivity index (χ2v) is 12.1. The van der Waals surface area contributed by atoms with E-state index in [1.807, 2.05) is 31.2 Å². The summed E-state index contributed by atoms with van der Waals surface area (Å²) in [5, 5.41) is 37.6. The molecule has 5 aromatic rings. The van der Waals surface area contributed by atoms with Gasteiger partial charge in [-0.1, -0.05) is 30.3 Å². The Hall–Kier alpha value is -5.02. The molecular weight excluding hydrogens is 596 g/mol. The topological polar surface area (TPSA) is 154 Å². The number of nitrogens with one attached hydrogen (secondary N) is 1. The van der Waals surface area contributed by atoms with E-state index >= 15 is 0 Å². The highest BCUT2D eigenvalue weighted by atomic mass is 16.5. The zero-order chi connectivity index (χ0) is 32.7. The van der Waals surface area contributed by atoms with Gasteiger partial charge >= 0.3 is 0 Å². The maximum absolute atomic E-state index is 9.90. The molecule has 7 rings (SSSR count). The van der Waals surface area contributed by atoms with Crippen LogP contribution in [0.5, 0.6) is 11.8 Å². The highest BCUT2D eigenvalue weighted by molar-refractivity contribution is 5.83. The van der Waals surface area contributed by atoms with Crippen LogP contribution in [0.2, 0.25) is 0 Å². The number of fused-ring (bicyclic) bond motifs is 2. The summed E-state index contributed by atoms with van der Waals surface area (Å²) >= 11 is 0. The molecule has 2 aliphatic rings. The maximum Gasteiger partial charge on any atom is 0.227 e. The summed E-state index contributed by atoms with van der Waals surface area (Å²) in [6.07, 6.45) is 3.51. The fourth-order valence-electron chi connectivity index (χ4n) is 6.86. The van der Waals surface area contributed by atoms with Gasteiger partial charge in [0.05, 0.1) is 19.8 Å². The Labute approximate surface area is 271 Å². The minimum atomic E-state index is -0.280. The number of hydrogen-bond acceptors (Lipinski definition) is 10. The molecule has 0 saturated carbocycles. The number of nitrogens with zero attached hydrogens (tertiary/aromatic N) is 5. The van der Waals surface area contributed by atoms with Crippen LogP contribution in [-0.2, 0) is 19.5 Å². The van der Waals surface area contributed by atoms with Gasteiger partial charge in [-0.3, -0.25) is 10.3 Å². The van der Waals surface area contributed by atoms with Crippen LogP contribution in [0.15, 0.2) is 59.1 Å². The Morgan fingerprint density at radius 3 is 2.66 bits per heavy atom. The molecule has 240 valence electrons. The van der Waals surface area contributed by atoms with E-state index in [0.717, 1.165) is 59.2 Å². The number of aliphatic hydroxyl groups excluding tert-OH is 2. The van der Waals surface area contributed by atoms with Gasteiger partial charge in [-0.25, -0.2) is 4.98 Å². The standard InChI is InChI=1S/C36H36N6O5/c1-21-25(5-3-6-26(21)36-40-32-33(47-36)23(17-37)19-42(15-16-43)34(32)38)27-7-4-8-29-28(27)10-11-30(29)46-31-12-9-22(35(39-31)45-2)18-41-14-13-24(44)20-41/h3-9,12,19,24,30,38,43-44H,10-11,13-16,18,20H2,1-2H3/t24-,30+/m1/s1. The zero-order valence-corrected chi connectivity index (χ0v) is 26.4. The number of likely N-dealkylation sites (tertiary alicyclic amines) is 1. The van der Waals surface area contributed by atoms with Gasteiger partial charge in [0.15, 0.2) is 16.6 Å². The molecule has 1 saturated heterocycles. The van der Waals surface area contributed by atoms with Crippen LogP contribution in [0.25, 0.3) is 33.7 Å². The van der Waals surface area contributed by atoms with Crippen molar-refractivity contribution in [1.82, 2.24) is 19.4 Å². The molecule has 4 heterocycles. The summed E-state index contributed by atoms with van der Waals surface area (Å²) in [6, 6.07) is 18.3. The number of rotatable bonds is 9. The number of benzene rings is 2. The molecule has 1 aliphatic carbocycles. The molecule has 0 bridgehead atoms. The summed E-state index contributed by atoms with van der Waals surface area (Å²) in [5.74, 6) is 1.38. The third-order valence-electron chi connectivity index (χ3n) is 9.21. The number of oxazole rings is 1. The number of methoxy groups -OCH3 is 1. The van der Waals surface area contributed by atoms with Crippen molar-refractivity contribution in [2.45, 2.75) is 51.5 Å². The number of ether oxygens (including phenoxy) is 2. The van der Waals surface area contributed by atoms with Crippen molar-refractivity contribution in [2.75, 3.05) is 26.8 Å². The van der Waals surface area contributed by atoms with Crippen molar-refractivity contribution in [3.05, 3.63) is 88.0 Å². The Balaban J connectivity index is 1.18. The smallest absolute Gasteiger partial charge is 0.227 e. The van der Waals surface area contributed by atoms with Crippen LogP contribution in [0.4, 0.5) is 0 Å². The van der Waals surface area contributed by atoms with Gasteiger partial charge in [-0.05, 0) is 66.1 Å². The van der Waals surface area contributed by atoms with E-state index in [9.17, 15) is 15.5 Å². The molecule has 47 heavy (non-hydrogen) atoms. The fraction of sp³-hybridized carbons (Fsp3) is 0.333. The average Bonchev–Trinajstić information content (AvgIpc) is 3.82. The van der Waals surface area contributed by atoms with E-state index in [4.69, 9.17) is 19.3 Å². The second-order valence-electron chi connectivity index (χ2n) is 12.1. The van der Waals surface area contributed by atoms with E-state index in [-0.39, 0.29) is 47.5 Å². The predicted molar refractivity (Wildman–Crippen MR) is 174 cm³/mol. The highest BCUT2D eigenvalue weighted by Crippen LogP contribution is 2.42. The molecule has 0 unspecified atom stereocenters. The molecule has 1 fully saturated rings. The Morgan fingerprint density at radius 2 is 1.89 bits per heavy atom. The van der Waals surface area contributed by atoms with Gasteiger partial charge in [-0.2, -0.15) is 10.2 Å². The van der Waals surface area contributed by atoms with E-state index in [2.05, 4.69) is 45.2 Å². The van der Waals surface area contributed by atoms with Gasteiger partial charge in [0, 0.05) is 49.6 Å². The lowest BCUT2D eigenvalue weighted by Gasteiger charge is -2.19. The van der Waals surface area contributed by atoms with Gasteiger partial charge in [0.2, 0.25) is 17.7 Å². The number of pyridine rings is 2. The third-order valence-corrected chi connectivity index (χ3v) is 9.21. The van der Waals surface area contributed by atoms with Gasteiger partial charge < -0.3 is 28.7 Å². The monoisotopic (exact) mass is 632 g/mol. The fourth-order valence-corrected chi connectivity index (χ4v) is 6.86. The normalized spacial score (nSPS) is 17.6. The maximum atomic E-state index is 9.90. The SMILES string of the molecule is COc1nc(O[C@H]2CCc3c(-c4cccc(-c5nc6c(=N)n(CCO)cc(C#N)c6o5)c4C)cccc32)ccc1CN1CC[C@@H](O)C1. The summed E-state index contributed by atoms with van der Waals surface area (Å²) in [6.45, 7) is 4.22. The zero-order valence-electron chi connectivity index (χ0n) is 26.4. The second kappa shape index (κ2) is 12.6. The molecule has 2 aromatic carbocycles. The molecule has 3 aromatic heterocycles. The predicted octanol–water partition coefficient (Wildman–Crippen LogP) is 4.65. The number of β-amino-alcohol motifs (C(OH)–C–C–N with tert-alkyl or cyclic N) is 1. The van der Waals surface area contributed by atoms with Crippen molar-refractivity contribution in [1.29, 1.82) is 10.7 Å². The summed E-state index contributed by atoms with van der Waals surface area (Å²) in [5.41, 5.74) is 8.09. The first kappa shape index (κ1) is 30.6. The molecule has 2 atom stereocenters. The molecule has 1 aliphatic heterocycles. The van der Waals surface area contributed by atoms with Gasteiger partial charge in [0.1, 0.15) is 17.7 Å². The molecule has 3 N–H and O–H groups in total. The van der Waals surface area contributed by atoms with E-state index in [0.29, 0.717) is 30.7 Å². The van der Waals surface area contributed by atoms with Crippen LogP contribution in [0, 0.1) is 23.7 Å². The molecule has 0 radical (unpaired) electrons. The first-order valence-electron chi connectivity index (χ1n) is 15.8. The summed E-state index contributed by atoms with van der Waals surface area (Å²) < 4.78 is 19.7. The number of aromatic nitrogens is 3. The number of aliphatic hydroxyl groups is 2. The summed E-state index contributed by atoms with van der Waals surface area (Å²) in [4.78, 5) is 11.5. The van der Waals surface area contributed by atoms with Crippen molar-refractivity contribution in [3.8, 4) is 40.4 Å². The Kier molecular flexibility index (Phi) is 8.24. The van der Waals surface area contributed by atoms with Crippen LogP contribution >= 0.6 is 0 Å². The number of hydrogen-bond donors (Lipinski definition) is 3. The highest BCUT2D eigenvalue weighted by Gasteiger charge is 2.29. The first-order chi connectivity index (χ1) is 22.9. The van der Waals surface area contributed by atoms with Crippen LogP contribution < -0.4 is 15.0 Å². The Bertz CT molecular complexity index is 2080. The van der Waals surface area contributed by atoms with Gasteiger partial charge in [0.25, 0.3) is 0 Å². The molecule has 0 spiro atoms. The van der Waals surface area contributed by atoms with Crippen molar-refractivity contribution in [3.63, 3.8) is 0 Å². The van der Waals surface area contributed by atoms with E-state index in [1.54, 1.807) is 7.11 Å². The van der Waals surface area contributed by atoms with E-state index < -0.39 is 0 Å². The van der Waals surface area contributed by atoms with Crippen LogP contribution in [0.3, 0.4) is 0 Å². The molecule has 11 nitrogen and oxygen atoms in total. The number of nitriles is 1. The van der Waals surface area contributed by atoms with Gasteiger partial charge in [-0.15, -0.1) is 0 Å². The molecular formula is C36H36N6O5. The minimum Gasteiger partial charge on any atom is -0.481 e. The van der Waals surface area contributed by atoms with Crippen molar-refractivity contribution >= 4 is 11.1 Å². The van der Waals surface area contributed by atoms with Crippen LogP contribution in [0.1, 0.15) is 46.8 Å². The van der Waals surface area contributed by atoms with E-state index in [1.165, 1.54) is 16.3 Å². The van der Waals surface area contributed by atoms with Crippen LogP contribution in [-0.4, -0.2) is 62.6 Å². The van der Waals surface area contributed by atoms with Crippen molar-refractivity contribution < 1.29 is 24.1 Å². The lowest BCUT2D eigenvalue weighted by Crippen LogP contribution is -2.22. The van der Waals surface area contributed by atoms with Crippen molar-refractivity contribution in [2.24, 2.45) is 0 Å². The largest absolute Gasteiger partial charge is 0.481 e. The lowest BCUT2D eigenvalue weighted by molar-refractivity contribution is 0.174.